The van der Waals surface area contributed by atoms with Crippen LogP contribution in [-0.4, -0.2) is 59.8 Å². The number of hydrogen-bond donors (Lipinski definition) is 0. The topological polar surface area (TPSA) is 95.8 Å². The molecule has 2 aromatic carbocycles. The summed E-state index contributed by atoms with van der Waals surface area (Å²) in [4.78, 5) is 34.8. The van der Waals surface area contributed by atoms with E-state index in [1.54, 1.807) is 24.2 Å². The van der Waals surface area contributed by atoms with Gasteiger partial charge in [-0.05, 0) is 93.1 Å². The van der Waals surface area contributed by atoms with Crippen molar-refractivity contribution in [2.45, 2.75) is 109 Å². The minimum Gasteiger partial charge on any atom is -0.444 e. The van der Waals surface area contributed by atoms with Gasteiger partial charge in [-0.1, -0.05) is 63.2 Å². The van der Waals surface area contributed by atoms with E-state index in [-0.39, 0.29) is 35.2 Å². The first-order valence-corrected chi connectivity index (χ1v) is 19.3. The lowest BCUT2D eigenvalue weighted by Crippen LogP contribution is -2.50. The number of hydrogen-bond acceptors (Lipinski definition) is 6. The van der Waals surface area contributed by atoms with Crippen molar-refractivity contribution in [1.82, 2.24) is 14.8 Å². The van der Waals surface area contributed by atoms with Crippen molar-refractivity contribution >= 4 is 20.3 Å². The van der Waals surface area contributed by atoms with Crippen molar-refractivity contribution in [2.24, 2.45) is 0 Å². The summed E-state index contributed by atoms with van der Waals surface area (Å²) in [7, 11) is -0.477. The summed E-state index contributed by atoms with van der Waals surface area (Å²) < 4.78 is 13.1. The van der Waals surface area contributed by atoms with E-state index in [2.05, 4.69) is 57.1 Å². The van der Waals surface area contributed by atoms with E-state index in [1.165, 1.54) is 6.20 Å². The molecule has 0 saturated carbocycles. The minimum absolute atomic E-state index is 0.000402. The molecule has 1 fully saturated rings. The lowest BCUT2D eigenvalue weighted by atomic mass is 10.0. The number of carbonyl (C=O) groups is 2. The van der Waals surface area contributed by atoms with Gasteiger partial charge in [0.2, 0.25) is 0 Å². The van der Waals surface area contributed by atoms with Gasteiger partial charge >= 0.3 is 6.09 Å². The molecule has 47 heavy (non-hydrogen) atoms. The van der Waals surface area contributed by atoms with Gasteiger partial charge in [0, 0.05) is 37.6 Å². The number of nitriles is 1. The molecule has 8 nitrogen and oxygen atoms in total. The third kappa shape index (κ3) is 9.08. The van der Waals surface area contributed by atoms with E-state index in [1.807, 2.05) is 68.1 Å². The molecular formula is C38H50N4O4Si. The number of carbonyl (C=O) groups excluding carboxylic acids is 2. The fourth-order valence-electron chi connectivity index (χ4n) is 5.77. The third-order valence-corrected chi connectivity index (χ3v) is 13.7. The first kappa shape index (κ1) is 35.8. The van der Waals surface area contributed by atoms with E-state index < -0.39 is 13.9 Å². The average Bonchev–Trinajstić information content (AvgIpc) is 3.42. The highest BCUT2D eigenvalue weighted by Gasteiger charge is 2.47. The number of benzene rings is 2. The van der Waals surface area contributed by atoms with Gasteiger partial charge in [-0.3, -0.25) is 14.7 Å². The zero-order chi connectivity index (χ0) is 34.6. The molecule has 1 aliphatic rings. The normalized spacial score (nSPS) is 17.6. The van der Waals surface area contributed by atoms with Crippen LogP contribution in [0.2, 0.25) is 18.1 Å². The molecule has 0 spiro atoms. The molecule has 0 N–H and O–H groups in total. The Kier molecular flexibility index (Phi) is 11.0. The highest BCUT2D eigenvalue weighted by molar-refractivity contribution is 6.74. The predicted molar refractivity (Wildman–Crippen MR) is 187 cm³/mol. The zero-order valence-electron chi connectivity index (χ0n) is 29.4. The highest BCUT2D eigenvalue weighted by atomic mass is 28.4. The first-order chi connectivity index (χ1) is 22.0. The Balaban J connectivity index is 1.57. The molecule has 0 aliphatic carbocycles. The van der Waals surface area contributed by atoms with Crippen LogP contribution in [0.4, 0.5) is 4.79 Å². The van der Waals surface area contributed by atoms with E-state index in [0.717, 1.165) is 29.5 Å². The fourth-order valence-corrected chi connectivity index (χ4v) is 7.05. The molecule has 9 heteroatoms. The Morgan fingerprint density at radius 1 is 1.00 bits per heavy atom. The van der Waals surface area contributed by atoms with Gasteiger partial charge < -0.3 is 14.1 Å². The summed E-state index contributed by atoms with van der Waals surface area (Å²) in [5, 5.41) is 9.17. The molecule has 3 aromatic rings. The van der Waals surface area contributed by atoms with Crippen LogP contribution < -0.4 is 0 Å². The van der Waals surface area contributed by atoms with Crippen LogP contribution in [0, 0.1) is 11.3 Å². The number of nitrogens with zero attached hydrogens (tertiary/aromatic N) is 4. The van der Waals surface area contributed by atoms with Crippen LogP contribution >= 0.6 is 0 Å². The van der Waals surface area contributed by atoms with Crippen molar-refractivity contribution < 1.29 is 18.8 Å². The molecule has 1 aromatic heterocycles. The highest BCUT2D eigenvalue weighted by Crippen LogP contribution is 2.44. The number of aromatic nitrogens is 1. The summed E-state index contributed by atoms with van der Waals surface area (Å²) in [5.41, 5.74) is 3.29. The summed E-state index contributed by atoms with van der Waals surface area (Å²) in [6.07, 6.45) is 4.80. The standard InChI is InChI=1S/C38H50N4O4Si/c1-37(2,3)45-36(44)42-32(19-20-33(42)34(30-13-11-10-12-14-30)46-47(8,9)38(4,5)6)22-27-15-17-31(18-16-27)35(43)41(7)26-29-21-28(23-39)24-40-25-29/h10-18,21,24-25,32-34H,19-20,22,26H2,1-9H3/t32-,33+,34+/m0/s1. The molecule has 2 amide bonds. The van der Waals surface area contributed by atoms with E-state index in [4.69, 9.17) is 9.16 Å². The largest absolute Gasteiger partial charge is 0.444 e. The molecule has 0 unspecified atom stereocenters. The Labute approximate surface area is 281 Å². The van der Waals surface area contributed by atoms with Crippen LogP contribution in [-0.2, 0) is 22.1 Å². The van der Waals surface area contributed by atoms with Crippen molar-refractivity contribution in [2.75, 3.05) is 7.05 Å². The Bertz CT molecular complexity index is 1570. The summed E-state index contributed by atoms with van der Waals surface area (Å²) >= 11 is 0. The maximum absolute atomic E-state index is 14.0. The van der Waals surface area contributed by atoms with Crippen molar-refractivity contribution in [3.05, 3.63) is 101 Å². The van der Waals surface area contributed by atoms with E-state index in [9.17, 15) is 14.9 Å². The van der Waals surface area contributed by atoms with Crippen molar-refractivity contribution in [3.8, 4) is 6.07 Å². The lowest BCUT2D eigenvalue weighted by molar-refractivity contribution is -0.00239. The molecule has 3 atom stereocenters. The van der Waals surface area contributed by atoms with Crippen LogP contribution in [0.25, 0.3) is 0 Å². The number of pyridine rings is 1. The second-order valence-corrected chi connectivity index (χ2v) is 19.9. The second kappa shape index (κ2) is 14.4. The monoisotopic (exact) mass is 654 g/mol. The fraction of sp³-hybridized carbons (Fsp3) is 0.474. The Morgan fingerprint density at radius 3 is 2.26 bits per heavy atom. The van der Waals surface area contributed by atoms with Crippen molar-refractivity contribution in [3.63, 3.8) is 0 Å². The molecule has 0 bridgehead atoms. The molecule has 1 aliphatic heterocycles. The van der Waals surface area contributed by atoms with Gasteiger partial charge in [0.25, 0.3) is 5.91 Å². The molecular weight excluding hydrogens is 605 g/mol. The van der Waals surface area contributed by atoms with Gasteiger partial charge in [-0.25, -0.2) is 4.79 Å². The third-order valence-electron chi connectivity index (χ3n) is 9.22. The van der Waals surface area contributed by atoms with Gasteiger partial charge in [0.15, 0.2) is 8.32 Å². The smallest absolute Gasteiger partial charge is 0.410 e. The van der Waals surface area contributed by atoms with Crippen LogP contribution in [0.3, 0.4) is 0 Å². The zero-order valence-corrected chi connectivity index (χ0v) is 30.4. The quantitative estimate of drug-likeness (QED) is 0.216. The maximum atomic E-state index is 14.0. The first-order valence-electron chi connectivity index (χ1n) is 16.4. The molecule has 1 saturated heterocycles. The molecule has 250 valence electrons. The van der Waals surface area contributed by atoms with Gasteiger partial charge in [-0.15, -0.1) is 0 Å². The van der Waals surface area contributed by atoms with Crippen LogP contribution in [0.1, 0.15) is 93.1 Å². The van der Waals surface area contributed by atoms with Gasteiger partial charge in [0.1, 0.15) is 11.7 Å². The number of rotatable bonds is 9. The maximum Gasteiger partial charge on any atom is 0.410 e. The van der Waals surface area contributed by atoms with Gasteiger partial charge in [-0.2, -0.15) is 5.26 Å². The summed E-state index contributed by atoms with van der Waals surface area (Å²) in [5.74, 6) is -0.122. The summed E-state index contributed by atoms with van der Waals surface area (Å²) in [6.45, 7) is 17.3. The molecule has 0 radical (unpaired) electrons. The van der Waals surface area contributed by atoms with Crippen LogP contribution in [0.5, 0.6) is 0 Å². The van der Waals surface area contributed by atoms with Crippen LogP contribution in [0.15, 0.2) is 73.1 Å². The van der Waals surface area contributed by atoms with E-state index in [0.29, 0.717) is 24.1 Å². The Hall–Kier alpha value is -4.00. The number of ether oxygens (including phenoxy) is 1. The SMILES string of the molecule is CN(Cc1cncc(C#N)c1)C(=O)c1ccc(C[C@@H]2CC[C@H]([C@H](O[Si](C)(C)C(C)(C)C)c3ccccc3)N2C(=O)OC(C)(C)C)cc1. The minimum atomic E-state index is -2.21. The average molecular weight is 655 g/mol. The van der Waals surface area contributed by atoms with E-state index >= 15 is 0 Å². The second-order valence-electron chi connectivity index (χ2n) is 15.2. The summed E-state index contributed by atoms with van der Waals surface area (Å²) in [6, 6.07) is 21.4. The lowest BCUT2D eigenvalue weighted by Gasteiger charge is -2.43. The van der Waals surface area contributed by atoms with Crippen molar-refractivity contribution in [1.29, 1.82) is 5.26 Å². The van der Waals surface area contributed by atoms with Gasteiger partial charge in [0.05, 0.1) is 17.7 Å². The Morgan fingerprint density at radius 2 is 1.66 bits per heavy atom. The molecule has 4 rings (SSSR count). The predicted octanol–water partition coefficient (Wildman–Crippen LogP) is 8.30. The number of likely N-dealkylation sites (tertiary alicyclic amines) is 1. The number of amides is 2. The molecule has 2 heterocycles.